The van der Waals surface area contributed by atoms with Crippen molar-refractivity contribution in [3.05, 3.63) is 63.2 Å². The van der Waals surface area contributed by atoms with Crippen molar-refractivity contribution in [3.63, 3.8) is 0 Å². The van der Waals surface area contributed by atoms with Crippen molar-refractivity contribution in [3.8, 4) is 0 Å². The molecule has 0 aromatic heterocycles. The van der Waals surface area contributed by atoms with E-state index in [-0.39, 0.29) is 27.2 Å². The van der Waals surface area contributed by atoms with E-state index in [4.69, 9.17) is 11.6 Å². The summed E-state index contributed by atoms with van der Waals surface area (Å²) < 4.78 is 27.6. The van der Waals surface area contributed by atoms with Crippen LogP contribution < -0.4 is 5.32 Å². The van der Waals surface area contributed by atoms with E-state index >= 15 is 0 Å². The molecule has 1 heterocycles. The number of hydrogen-bond donors (Lipinski definition) is 1. The predicted octanol–water partition coefficient (Wildman–Crippen LogP) is 4.45. The van der Waals surface area contributed by atoms with Gasteiger partial charge in [0.05, 0.1) is 9.82 Å². The summed E-state index contributed by atoms with van der Waals surface area (Å²) in [6.45, 7) is 2.49. The Morgan fingerprint density at radius 2 is 1.93 bits per heavy atom. The first-order valence-corrected chi connectivity index (χ1v) is 11.4. The number of benzene rings is 2. The van der Waals surface area contributed by atoms with Crippen LogP contribution in [0.4, 0.5) is 11.4 Å². The molecule has 1 atom stereocenters. The SMILES string of the molecule is CCC1CCCCN1S(=O)(=O)c1ccc(NC(=O)c2ccc(Cl)c([N+](=O)[O-])c2)cc1. The van der Waals surface area contributed by atoms with Crippen LogP contribution >= 0.6 is 11.6 Å². The number of nitrogens with one attached hydrogen (secondary N) is 1. The van der Waals surface area contributed by atoms with Gasteiger partial charge in [0.15, 0.2) is 0 Å². The van der Waals surface area contributed by atoms with E-state index < -0.39 is 20.9 Å². The maximum absolute atomic E-state index is 13.0. The molecule has 1 aliphatic rings. The average molecular weight is 452 g/mol. The van der Waals surface area contributed by atoms with E-state index in [1.807, 2.05) is 6.92 Å². The van der Waals surface area contributed by atoms with Crippen LogP contribution in [0.15, 0.2) is 47.4 Å². The van der Waals surface area contributed by atoms with Crippen molar-refractivity contribution in [1.82, 2.24) is 4.31 Å². The van der Waals surface area contributed by atoms with Gasteiger partial charge in [0.2, 0.25) is 10.0 Å². The monoisotopic (exact) mass is 451 g/mol. The fourth-order valence-electron chi connectivity index (χ4n) is 3.54. The molecule has 1 fully saturated rings. The number of sulfonamides is 1. The number of nitro benzene ring substituents is 1. The Morgan fingerprint density at radius 1 is 1.23 bits per heavy atom. The van der Waals surface area contributed by atoms with Gasteiger partial charge in [-0.25, -0.2) is 8.42 Å². The van der Waals surface area contributed by atoms with Crippen molar-refractivity contribution in [1.29, 1.82) is 0 Å². The molecule has 0 spiro atoms. The number of piperidine rings is 1. The minimum absolute atomic E-state index is 0.00354. The lowest BCUT2D eigenvalue weighted by Gasteiger charge is -2.34. The fraction of sp³-hybridized carbons (Fsp3) is 0.350. The van der Waals surface area contributed by atoms with Gasteiger partial charge in [-0.15, -0.1) is 0 Å². The van der Waals surface area contributed by atoms with Crippen molar-refractivity contribution < 1.29 is 18.1 Å². The van der Waals surface area contributed by atoms with Crippen LogP contribution in [-0.4, -0.2) is 36.1 Å². The van der Waals surface area contributed by atoms with E-state index in [2.05, 4.69) is 5.32 Å². The van der Waals surface area contributed by atoms with E-state index in [0.717, 1.165) is 31.7 Å². The smallest absolute Gasteiger partial charge is 0.288 e. The number of anilines is 1. The number of nitrogens with zero attached hydrogens (tertiary/aromatic N) is 2. The molecule has 1 unspecified atom stereocenters. The lowest BCUT2D eigenvalue weighted by atomic mass is 10.0. The standard InChI is InChI=1S/C20H22ClN3O5S/c1-2-16-5-3-4-12-23(16)30(28,29)17-9-7-15(8-10-17)22-20(25)14-6-11-18(21)19(13-14)24(26)27/h6-11,13,16H,2-5,12H2,1H3,(H,22,25). The summed E-state index contributed by atoms with van der Waals surface area (Å²) in [6, 6.07) is 9.67. The zero-order valence-electron chi connectivity index (χ0n) is 16.4. The summed E-state index contributed by atoms with van der Waals surface area (Å²) in [5, 5.41) is 13.5. The summed E-state index contributed by atoms with van der Waals surface area (Å²) in [5.74, 6) is -0.563. The lowest BCUT2D eigenvalue weighted by molar-refractivity contribution is -0.384. The van der Waals surface area contributed by atoms with Crippen LogP contribution in [0.5, 0.6) is 0 Å². The topological polar surface area (TPSA) is 110 Å². The maximum Gasteiger partial charge on any atom is 0.288 e. The van der Waals surface area contributed by atoms with Gasteiger partial charge in [-0.1, -0.05) is 24.9 Å². The molecule has 1 aliphatic heterocycles. The van der Waals surface area contributed by atoms with Crippen LogP contribution in [0, 0.1) is 10.1 Å². The first-order valence-electron chi connectivity index (χ1n) is 9.61. The molecule has 160 valence electrons. The summed E-state index contributed by atoms with van der Waals surface area (Å²) >= 11 is 5.77. The third kappa shape index (κ3) is 4.63. The molecule has 0 bridgehead atoms. The minimum Gasteiger partial charge on any atom is -0.322 e. The van der Waals surface area contributed by atoms with E-state index in [9.17, 15) is 23.3 Å². The normalized spacial score (nSPS) is 17.5. The van der Waals surface area contributed by atoms with Crippen LogP contribution in [0.1, 0.15) is 43.0 Å². The van der Waals surface area contributed by atoms with Crippen LogP contribution in [0.3, 0.4) is 0 Å². The molecule has 0 aliphatic carbocycles. The molecular formula is C20H22ClN3O5S. The second kappa shape index (κ2) is 9.11. The van der Waals surface area contributed by atoms with Crippen molar-refractivity contribution in [2.75, 3.05) is 11.9 Å². The second-order valence-electron chi connectivity index (χ2n) is 7.08. The highest BCUT2D eigenvalue weighted by atomic mass is 35.5. The number of rotatable bonds is 6. The lowest BCUT2D eigenvalue weighted by Crippen LogP contribution is -2.43. The summed E-state index contributed by atoms with van der Waals surface area (Å²) in [7, 11) is -3.61. The first kappa shape index (κ1) is 22.2. The predicted molar refractivity (Wildman–Crippen MR) is 114 cm³/mol. The van der Waals surface area contributed by atoms with Gasteiger partial charge in [-0.05, 0) is 55.7 Å². The Morgan fingerprint density at radius 3 is 2.57 bits per heavy atom. The largest absolute Gasteiger partial charge is 0.322 e. The van der Waals surface area contributed by atoms with Gasteiger partial charge < -0.3 is 5.32 Å². The summed E-state index contributed by atoms with van der Waals surface area (Å²) in [4.78, 5) is 22.9. The van der Waals surface area contributed by atoms with Crippen molar-refractivity contribution in [2.45, 2.75) is 43.5 Å². The third-order valence-corrected chi connectivity index (χ3v) is 7.45. The van der Waals surface area contributed by atoms with E-state index in [0.29, 0.717) is 12.2 Å². The highest BCUT2D eigenvalue weighted by molar-refractivity contribution is 7.89. The Bertz CT molecular complexity index is 1060. The molecule has 2 aromatic carbocycles. The molecule has 8 nitrogen and oxygen atoms in total. The zero-order chi connectivity index (χ0) is 21.9. The second-order valence-corrected chi connectivity index (χ2v) is 9.37. The van der Waals surface area contributed by atoms with Gasteiger partial charge >= 0.3 is 0 Å². The number of carbonyl (C=O) groups excluding carboxylic acids is 1. The van der Waals surface area contributed by atoms with Crippen LogP contribution in [-0.2, 0) is 10.0 Å². The molecule has 2 aromatic rings. The molecule has 1 amide bonds. The summed E-state index contributed by atoms with van der Waals surface area (Å²) in [5.41, 5.74) is 0.0851. The third-order valence-electron chi connectivity index (χ3n) is 5.17. The maximum atomic E-state index is 13.0. The Kier molecular flexibility index (Phi) is 6.74. The van der Waals surface area contributed by atoms with Gasteiger partial charge in [-0.3, -0.25) is 14.9 Å². The Labute approximate surface area is 180 Å². The quantitative estimate of drug-likeness (QED) is 0.515. The molecule has 0 radical (unpaired) electrons. The van der Waals surface area contributed by atoms with Gasteiger partial charge in [0, 0.05) is 29.9 Å². The number of halogens is 1. The molecule has 1 saturated heterocycles. The molecule has 1 N–H and O–H groups in total. The van der Waals surface area contributed by atoms with E-state index in [1.165, 1.54) is 36.4 Å². The molecule has 0 saturated carbocycles. The average Bonchev–Trinajstić information content (AvgIpc) is 2.74. The van der Waals surface area contributed by atoms with Gasteiger partial charge in [0.1, 0.15) is 5.02 Å². The summed E-state index contributed by atoms with van der Waals surface area (Å²) in [6.07, 6.45) is 3.49. The van der Waals surface area contributed by atoms with Crippen molar-refractivity contribution in [2.24, 2.45) is 0 Å². The number of carbonyl (C=O) groups is 1. The van der Waals surface area contributed by atoms with Crippen LogP contribution in [0.2, 0.25) is 5.02 Å². The fourth-order valence-corrected chi connectivity index (χ4v) is 5.49. The highest BCUT2D eigenvalue weighted by Gasteiger charge is 2.32. The molecule has 3 rings (SSSR count). The van der Waals surface area contributed by atoms with Gasteiger partial charge in [-0.2, -0.15) is 4.31 Å². The number of hydrogen-bond acceptors (Lipinski definition) is 5. The van der Waals surface area contributed by atoms with Crippen LogP contribution in [0.25, 0.3) is 0 Å². The Balaban J connectivity index is 1.77. The highest BCUT2D eigenvalue weighted by Crippen LogP contribution is 2.28. The number of amides is 1. The molecular weight excluding hydrogens is 430 g/mol. The van der Waals surface area contributed by atoms with E-state index in [1.54, 1.807) is 4.31 Å². The van der Waals surface area contributed by atoms with Gasteiger partial charge in [0.25, 0.3) is 11.6 Å². The Hall–Kier alpha value is -2.49. The first-order chi connectivity index (χ1) is 14.2. The molecule has 10 heteroatoms. The number of nitro groups is 1. The molecule has 30 heavy (non-hydrogen) atoms. The zero-order valence-corrected chi connectivity index (χ0v) is 17.9. The van der Waals surface area contributed by atoms with Crippen molar-refractivity contribution >= 4 is 38.9 Å². The minimum atomic E-state index is -3.61.